The van der Waals surface area contributed by atoms with Crippen LogP contribution in [0.5, 0.6) is 0 Å². The summed E-state index contributed by atoms with van der Waals surface area (Å²) in [5, 5.41) is 3.46. The highest BCUT2D eigenvalue weighted by Crippen LogP contribution is 2.40. The van der Waals surface area contributed by atoms with E-state index in [1.807, 2.05) is 23.1 Å². The first kappa shape index (κ1) is 16.6. The third kappa shape index (κ3) is 2.79. The minimum atomic E-state index is -0.189. The number of rotatable bonds is 3. The molecular formula is C21H26N2O. The molecule has 1 aliphatic rings. The fourth-order valence-electron chi connectivity index (χ4n) is 3.35. The van der Waals surface area contributed by atoms with Crippen LogP contribution in [0.4, 0.5) is 11.4 Å². The Kier molecular flexibility index (Phi) is 4.35. The molecule has 0 saturated heterocycles. The molecule has 24 heavy (non-hydrogen) atoms. The molecule has 126 valence electrons. The van der Waals surface area contributed by atoms with Crippen LogP contribution in [-0.4, -0.2) is 11.9 Å². The van der Waals surface area contributed by atoms with Crippen LogP contribution < -0.4 is 10.2 Å². The number of carbonyl (C=O) groups is 1. The van der Waals surface area contributed by atoms with Gasteiger partial charge in [-0.25, -0.2) is 0 Å². The topological polar surface area (TPSA) is 32.3 Å². The molecule has 1 aliphatic heterocycles. The van der Waals surface area contributed by atoms with E-state index in [9.17, 15) is 4.79 Å². The SMILES string of the molecule is Cc1cc2c(cc1C)N(C(C)c1ccccc1)C(=O)C(C(C)C)N2. The summed E-state index contributed by atoms with van der Waals surface area (Å²) >= 11 is 0. The minimum Gasteiger partial charge on any atom is -0.372 e. The number of amides is 1. The lowest BCUT2D eigenvalue weighted by Crippen LogP contribution is -2.50. The highest BCUT2D eigenvalue weighted by Gasteiger charge is 2.37. The van der Waals surface area contributed by atoms with Crippen molar-refractivity contribution in [1.29, 1.82) is 0 Å². The van der Waals surface area contributed by atoms with E-state index < -0.39 is 0 Å². The van der Waals surface area contributed by atoms with Gasteiger partial charge in [-0.1, -0.05) is 44.2 Å². The molecule has 0 aliphatic carbocycles. The van der Waals surface area contributed by atoms with Gasteiger partial charge >= 0.3 is 0 Å². The Morgan fingerprint density at radius 3 is 2.25 bits per heavy atom. The highest BCUT2D eigenvalue weighted by atomic mass is 16.2. The van der Waals surface area contributed by atoms with E-state index in [1.54, 1.807) is 0 Å². The van der Waals surface area contributed by atoms with E-state index in [1.165, 1.54) is 11.1 Å². The first-order chi connectivity index (χ1) is 11.4. The molecule has 0 saturated carbocycles. The maximum absolute atomic E-state index is 13.2. The zero-order valence-electron chi connectivity index (χ0n) is 15.1. The molecule has 0 bridgehead atoms. The molecule has 0 spiro atoms. The second kappa shape index (κ2) is 6.31. The third-order valence-corrected chi connectivity index (χ3v) is 5.02. The van der Waals surface area contributed by atoms with E-state index in [2.05, 4.69) is 64.2 Å². The van der Waals surface area contributed by atoms with Crippen molar-refractivity contribution < 1.29 is 4.79 Å². The van der Waals surface area contributed by atoms with Gasteiger partial charge in [0, 0.05) is 0 Å². The zero-order valence-corrected chi connectivity index (χ0v) is 15.1. The number of benzene rings is 2. The number of anilines is 2. The normalized spacial score (nSPS) is 18.3. The van der Waals surface area contributed by atoms with Gasteiger partial charge in [-0.15, -0.1) is 0 Å². The molecule has 2 aromatic rings. The second-order valence-corrected chi connectivity index (χ2v) is 7.11. The highest BCUT2D eigenvalue weighted by molar-refractivity contribution is 6.05. The second-order valence-electron chi connectivity index (χ2n) is 7.11. The van der Waals surface area contributed by atoms with E-state index in [4.69, 9.17) is 0 Å². The Morgan fingerprint density at radius 2 is 1.62 bits per heavy atom. The third-order valence-electron chi connectivity index (χ3n) is 5.02. The number of fused-ring (bicyclic) bond motifs is 1. The van der Waals surface area contributed by atoms with Gasteiger partial charge in [0.1, 0.15) is 6.04 Å². The zero-order chi connectivity index (χ0) is 17.4. The summed E-state index contributed by atoms with van der Waals surface area (Å²) in [5.41, 5.74) is 5.64. The Hall–Kier alpha value is -2.29. The minimum absolute atomic E-state index is 0.00269. The molecule has 1 heterocycles. The molecule has 3 heteroatoms. The van der Waals surface area contributed by atoms with Gasteiger partial charge in [0.25, 0.3) is 0 Å². The van der Waals surface area contributed by atoms with Crippen molar-refractivity contribution in [2.75, 3.05) is 10.2 Å². The number of carbonyl (C=O) groups excluding carboxylic acids is 1. The number of nitrogens with one attached hydrogen (secondary N) is 1. The molecule has 3 nitrogen and oxygen atoms in total. The summed E-state index contributed by atoms with van der Waals surface area (Å²) in [6.07, 6.45) is 0. The smallest absolute Gasteiger partial charge is 0.250 e. The van der Waals surface area contributed by atoms with E-state index in [0.717, 1.165) is 16.9 Å². The van der Waals surface area contributed by atoms with Crippen LogP contribution in [0.3, 0.4) is 0 Å². The average Bonchev–Trinajstić information content (AvgIpc) is 2.56. The van der Waals surface area contributed by atoms with Crippen molar-refractivity contribution in [3.63, 3.8) is 0 Å². The molecule has 0 radical (unpaired) electrons. The maximum Gasteiger partial charge on any atom is 0.250 e. The lowest BCUT2D eigenvalue weighted by Gasteiger charge is -2.40. The Morgan fingerprint density at radius 1 is 1.00 bits per heavy atom. The molecule has 3 rings (SSSR count). The first-order valence-electron chi connectivity index (χ1n) is 8.66. The summed E-state index contributed by atoms with van der Waals surface area (Å²) in [4.78, 5) is 15.2. The first-order valence-corrected chi connectivity index (χ1v) is 8.66. The Bertz CT molecular complexity index is 752. The van der Waals surface area contributed by atoms with Crippen LogP contribution in [-0.2, 0) is 4.79 Å². The summed E-state index contributed by atoms with van der Waals surface area (Å²) in [6.45, 7) is 10.5. The summed E-state index contributed by atoms with van der Waals surface area (Å²) in [6, 6.07) is 14.3. The van der Waals surface area contributed by atoms with Crippen molar-refractivity contribution in [1.82, 2.24) is 0 Å². The largest absolute Gasteiger partial charge is 0.372 e. The van der Waals surface area contributed by atoms with Gasteiger partial charge < -0.3 is 10.2 Å². The molecule has 2 aromatic carbocycles. The van der Waals surface area contributed by atoms with Gasteiger partial charge in [-0.05, 0) is 55.5 Å². The van der Waals surface area contributed by atoms with Crippen LogP contribution in [0.2, 0.25) is 0 Å². The maximum atomic E-state index is 13.2. The van der Waals surface area contributed by atoms with Crippen LogP contribution in [0.15, 0.2) is 42.5 Å². The van der Waals surface area contributed by atoms with Crippen molar-refractivity contribution in [3.05, 3.63) is 59.2 Å². The van der Waals surface area contributed by atoms with Gasteiger partial charge in [-0.3, -0.25) is 4.79 Å². The molecule has 1 N–H and O–H groups in total. The lowest BCUT2D eigenvalue weighted by atomic mass is 9.94. The van der Waals surface area contributed by atoms with E-state index in [-0.39, 0.29) is 23.9 Å². The van der Waals surface area contributed by atoms with Crippen molar-refractivity contribution >= 4 is 17.3 Å². The standard InChI is InChI=1S/C21H26N2O/c1-13(2)20-21(24)23(16(5)17-9-7-6-8-10-17)19-12-15(4)14(3)11-18(19)22-20/h6-13,16,20,22H,1-5H3. The van der Waals surface area contributed by atoms with Crippen LogP contribution in [0.1, 0.15) is 43.5 Å². The van der Waals surface area contributed by atoms with Gasteiger partial charge in [-0.2, -0.15) is 0 Å². The molecule has 0 aromatic heterocycles. The predicted octanol–water partition coefficient (Wildman–Crippen LogP) is 4.85. The Balaban J connectivity index is 2.12. The molecular weight excluding hydrogens is 296 g/mol. The monoisotopic (exact) mass is 322 g/mol. The fraction of sp³-hybridized carbons (Fsp3) is 0.381. The van der Waals surface area contributed by atoms with Crippen molar-refractivity contribution in [2.24, 2.45) is 5.92 Å². The number of hydrogen-bond acceptors (Lipinski definition) is 2. The quantitative estimate of drug-likeness (QED) is 0.876. The van der Waals surface area contributed by atoms with Gasteiger partial charge in [0.2, 0.25) is 5.91 Å². The number of aryl methyl sites for hydroxylation is 2. The lowest BCUT2D eigenvalue weighted by molar-refractivity contribution is -0.120. The van der Waals surface area contributed by atoms with Gasteiger partial charge in [0.05, 0.1) is 17.4 Å². The average molecular weight is 322 g/mol. The molecule has 2 atom stereocenters. The van der Waals surface area contributed by atoms with Crippen LogP contribution in [0.25, 0.3) is 0 Å². The fourth-order valence-corrected chi connectivity index (χ4v) is 3.35. The van der Waals surface area contributed by atoms with E-state index in [0.29, 0.717) is 0 Å². The molecule has 2 unspecified atom stereocenters. The van der Waals surface area contributed by atoms with Crippen molar-refractivity contribution in [3.8, 4) is 0 Å². The van der Waals surface area contributed by atoms with Crippen LogP contribution in [0, 0.1) is 19.8 Å². The summed E-state index contributed by atoms with van der Waals surface area (Å²) in [7, 11) is 0. The van der Waals surface area contributed by atoms with Gasteiger partial charge in [0.15, 0.2) is 0 Å². The molecule has 0 fully saturated rings. The van der Waals surface area contributed by atoms with Crippen molar-refractivity contribution in [2.45, 2.75) is 46.7 Å². The van der Waals surface area contributed by atoms with Crippen LogP contribution >= 0.6 is 0 Å². The van der Waals surface area contributed by atoms with E-state index >= 15 is 0 Å². The summed E-state index contributed by atoms with van der Waals surface area (Å²) in [5.74, 6) is 0.384. The number of nitrogens with zero attached hydrogens (tertiary/aromatic N) is 1. The summed E-state index contributed by atoms with van der Waals surface area (Å²) < 4.78 is 0. The predicted molar refractivity (Wildman–Crippen MR) is 101 cm³/mol. The number of hydrogen-bond donors (Lipinski definition) is 1. The Labute approximate surface area is 144 Å². The molecule has 1 amide bonds.